The van der Waals surface area contributed by atoms with Gasteiger partial charge in [-0.05, 0) is 78.8 Å². The molecule has 0 aliphatic heterocycles. The second-order valence-corrected chi connectivity index (χ2v) is 9.03. The summed E-state index contributed by atoms with van der Waals surface area (Å²) in [5.41, 5.74) is 7.04. The van der Waals surface area contributed by atoms with E-state index in [1.165, 1.54) is 54.6 Å². The number of rotatable bonds is 2. The van der Waals surface area contributed by atoms with Crippen molar-refractivity contribution in [3.8, 4) is 22.3 Å². The van der Waals surface area contributed by atoms with Gasteiger partial charge >= 0.3 is 0 Å². The van der Waals surface area contributed by atoms with E-state index in [9.17, 15) is 0 Å². The number of fused-ring (bicyclic) bond motifs is 6. The average Bonchev–Trinajstić information content (AvgIpc) is 3.28. The minimum Gasteiger partial charge on any atom is -0.334 e. The van der Waals surface area contributed by atoms with Crippen molar-refractivity contribution in [2.75, 3.05) is 0 Å². The van der Waals surface area contributed by atoms with E-state index in [0.717, 1.165) is 11.0 Å². The van der Waals surface area contributed by atoms with Crippen LogP contribution in [-0.4, -0.2) is 9.55 Å². The van der Waals surface area contributed by atoms with Crippen LogP contribution < -0.4 is 0 Å². The number of benzene rings is 6. The Bertz CT molecular complexity index is 1870. The minimum absolute atomic E-state index is 1.02. The molecule has 0 unspecified atom stereocenters. The van der Waals surface area contributed by atoms with Crippen molar-refractivity contribution < 1.29 is 0 Å². The van der Waals surface area contributed by atoms with Crippen LogP contribution in [0.2, 0.25) is 0 Å². The third-order valence-electron chi connectivity index (χ3n) is 6.98. The molecular formula is C32H22N2. The topological polar surface area (TPSA) is 17.8 Å². The number of hydrogen-bond donors (Lipinski definition) is 0. The van der Waals surface area contributed by atoms with Crippen LogP contribution in [-0.2, 0) is 7.05 Å². The zero-order valence-electron chi connectivity index (χ0n) is 18.9. The third-order valence-corrected chi connectivity index (χ3v) is 6.98. The summed E-state index contributed by atoms with van der Waals surface area (Å²) >= 11 is 0. The summed E-state index contributed by atoms with van der Waals surface area (Å²) in [6.07, 6.45) is 1.87. The molecule has 1 heterocycles. The highest BCUT2D eigenvalue weighted by Crippen LogP contribution is 2.35. The number of imidazole rings is 1. The molecule has 0 bridgehead atoms. The Hall–Kier alpha value is -4.43. The van der Waals surface area contributed by atoms with Gasteiger partial charge in [0.15, 0.2) is 0 Å². The van der Waals surface area contributed by atoms with Crippen LogP contribution in [0.15, 0.2) is 116 Å². The fraction of sp³-hybridized carbons (Fsp3) is 0.0312. The molecular weight excluding hydrogens is 412 g/mol. The number of aryl methyl sites for hydroxylation is 1. The van der Waals surface area contributed by atoms with E-state index in [1.807, 2.05) is 13.4 Å². The summed E-state index contributed by atoms with van der Waals surface area (Å²) in [6.45, 7) is 0. The predicted molar refractivity (Wildman–Crippen MR) is 144 cm³/mol. The fourth-order valence-corrected chi connectivity index (χ4v) is 5.19. The Morgan fingerprint density at radius 2 is 1.18 bits per heavy atom. The summed E-state index contributed by atoms with van der Waals surface area (Å²) in [7, 11) is 2.04. The van der Waals surface area contributed by atoms with E-state index in [1.54, 1.807) is 0 Å². The average molecular weight is 435 g/mol. The van der Waals surface area contributed by atoms with Crippen LogP contribution in [0.25, 0.3) is 65.6 Å². The van der Waals surface area contributed by atoms with Crippen LogP contribution in [0.4, 0.5) is 0 Å². The quantitative estimate of drug-likeness (QED) is 0.250. The standard InChI is InChI=1S/C32H22N2/c1-34-20-33-30-16-15-27(19-31(30)34)25-7-4-6-24(17-25)26-14-11-22-10-13-23-12-9-21-5-2-3-8-28(21)32(23)29(22)18-26/h2-20H,1H3. The van der Waals surface area contributed by atoms with E-state index in [-0.39, 0.29) is 0 Å². The molecule has 0 aliphatic rings. The Labute approximate surface area is 197 Å². The van der Waals surface area contributed by atoms with Crippen LogP contribution in [0.3, 0.4) is 0 Å². The van der Waals surface area contributed by atoms with Crippen LogP contribution in [0.5, 0.6) is 0 Å². The van der Waals surface area contributed by atoms with Crippen LogP contribution in [0.1, 0.15) is 0 Å². The summed E-state index contributed by atoms with van der Waals surface area (Å²) in [6, 6.07) is 39.8. The normalized spacial score (nSPS) is 11.7. The highest BCUT2D eigenvalue weighted by molar-refractivity contribution is 6.20. The maximum Gasteiger partial charge on any atom is 0.0955 e. The second-order valence-electron chi connectivity index (χ2n) is 9.03. The number of hydrogen-bond acceptors (Lipinski definition) is 1. The first-order valence-electron chi connectivity index (χ1n) is 11.6. The number of nitrogens with zero attached hydrogens (tertiary/aromatic N) is 2. The van der Waals surface area contributed by atoms with Crippen molar-refractivity contribution in [3.05, 3.63) is 116 Å². The van der Waals surface area contributed by atoms with Gasteiger partial charge in [0.05, 0.1) is 17.4 Å². The predicted octanol–water partition coefficient (Wildman–Crippen LogP) is 8.37. The van der Waals surface area contributed by atoms with Gasteiger partial charge in [0.1, 0.15) is 0 Å². The molecule has 0 saturated carbocycles. The summed E-state index contributed by atoms with van der Waals surface area (Å²) in [5.74, 6) is 0. The van der Waals surface area contributed by atoms with Gasteiger partial charge in [0.25, 0.3) is 0 Å². The molecule has 0 amide bonds. The molecule has 0 radical (unpaired) electrons. The first-order valence-corrected chi connectivity index (χ1v) is 11.6. The fourth-order valence-electron chi connectivity index (χ4n) is 5.19. The highest BCUT2D eigenvalue weighted by Gasteiger charge is 2.09. The van der Waals surface area contributed by atoms with Gasteiger partial charge in [-0.1, -0.05) is 84.9 Å². The van der Waals surface area contributed by atoms with Gasteiger partial charge < -0.3 is 4.57 Å². The van der Waals surface area contributed by atoms with Crippen molar-refractivity contribution in [3.63, 3.8) is 0 Å². The van der Waals surface area contributed by atoms with Gasteiger partial charge in [-0.3, -0.25) is 0 Å². The van der Waals surface area contributed by atoms with E-state index in [2.05, 4.69) is 119 Å². The SMILES string of the molecule is Cn1cnc2ccc(-c3cccc(-c4ccc5ccc6ccc7ccccc7c6c5c4)c3)cc21. The Balaban J connectivity index is 1.42. The molecule has 160 valence electrons. The first kappa shape index (κ1) is 19.1. The molecule has 1 aromatic heterocycles. The van der Waals surface area contributed by atoms with Crippen molar-refractivity contribution in [2.45, 2.75) is 0 Å². The summed E-state index contributed by atoms with van der Waals surface area (Å²) < 4.78 is 2.07. The smallest absolute Gasteiger partial charge is 0.0955 e. The molecule has 0 fully saturated rings. The van der Waals surface area contributed by atoms with Crippen molar-refractivity contribution in [1.82, 2.24) is 9.55 Å². The molecule has 0 aliphatic carbocycles. The Morgan fingerprint density at radius 1 is 0.529 bits per heavy atom. The molecule has 2 heteroatoms. The molecule has 6 aromatic carbocycles. The lowest BCUT2D eigenvalue weighted by Gasteiger charge is -2.11. The van der Waals surface area contributed by atoms with Gasteiger partial charge in [-0.15, -0.1) is 0 Å². The van der Waals surface area contributed by atoms with E-state index < -0.39 is 0 Å². The molecule has 0 saturated heterocycles. The molecule has 34 heavy (non-hydrogen) atoms. The molecule has 0 spiro atoms. The van der Waals surface area contributed by atoms with Gasteiger partial charge in [0.2, 0.25) is 0 Å². The minimum atomic E-state index is 1.02. The van der Waals surface area contributed by atoms with E-state index >= 15 is 0 Å². The van der Waals surface area contributed by atoms with Crippen molar-refractivity contribution in [2.24, 2.45) is 7.05 Å². The highest BCUT2D eigenvalue weighted by atomic mass is 15.0. The molecule has 7 aromatic rings. The van der Waals surface area contributed by atoms with Gasteiger partial charge in [-0.25, -0.2) is 4.98 Å². The third kappa shape index (κ3) is 2.93. The first-order chi connectivity index (χ1) is 16.7. The monoisotopic (exact) mass is 434 g/mol. The number of aromatic nitrogens is 2. The Morgan fingerprint density at radius 3 is 2.03 bits per heavy atom. The van der Waals surface area contributed by atoms with Crippen molar-refractivity contribution in [1.29, 1.82) is 0 Å². The zero-order chi connectivity index (χ0) is 22.6. The molecule has 0 N–H and O–H groups in total. The van der Waals surface area contributed by atoms with Crippen LogP contribution >= 0.6 is 0 Å². The van der Waals surface area contributed by atoms with Gasteiger partial charge in [-0.2, -0.15) is 0 Å². The molecule has 7 rings (SSSR count). The van der Waals surface area contributed by atoms with E-state index in [4.69, 9.17) is 0 Å². The van der Waals surface area contributed by atoms with E-state index in [0.29, 0.717) is 0 Å². The lowest BCUT2D eigenvalue weighted by molar-refractivity contribution is 0.948. The zero-order valence-corrected chi connectivity index (χ0v) is 18.9. The second kappa shape index (κ2) is 7.29. The maximum atomic E-state index is 4.46. The lowest BCUT2D eigenvalue weighted by atomic mass is 9.93. The van der Waals surface area contributed by atoms with Crippen LogP contribution in [0, 0.1) is 0 Å². The Kier molecular flexibility index (Phi) is 4.09. The summed E-state index contributed by atoms with van der Waals surface area (Å²) in [4.78, 5) is 4.46. The molecule has 0 atom stereocenters. The lowest BCUT2D eigenvalue weighted by Crippen LogP contribution is -1.86. The van der Waals surface area contributed by atoms with Crippen molar-refractivity contribution >= 4 is 43.4 Å². The van der Waals surface area contributed by atoms with Gasteiger partial charge in [0, 0.05) is 7.05 Å². The molecule has 2 nitrogen and oxygen atoms in total. The summed E-state index contributed by atoms with van der Waals surface area (Å²) in [5, 5.41) is 7.76. The maximum absolute atomic E-state index is 4.46. The largest absolute Gasteiger partial charge is 0.334 e.